The van der Waals surface area contributed by atoms with Crippen molar-refractivity contribution in [3.8, 4) is 11.5 Å². The summed E-state index contributed by atoms with van der Waals surface area (Å²) in [7, 11) is 0. The quantitative estimate of drug-likeness (QED) is 0.907. The lowest BCUT2D eigenvalue weighted by Crippen LogP contribution is -2.33. The number of hydrogen-bond donors (Lipinski definition) is 1. The molecule has 1 aromatic carbocycles. The van der Waals surface area contributed by atoms with Crippen LogP contribution in [0.15, 0.2) is 29.1 Å². The number of para-hydroxylation sites is 1. The maximum Gasteiger partial charge on any atom is 0.348 e. The van der Waals surface area contributed by atoms with E-state index in [4.69, 9.17) is 9.47 Å². The average Bonchev–Trinajstić information content (AvgIpc) is 2.56. The Hall–Kier alpha value is -2.83. The fourth-order valence-corrected chi connectivity index (χ4v) is 2.68. The predicted octanol–water partition coefficient (Wildman–Crippen LogP) is 1.06. The minimum Gasteiger partial charge on any atom is -0.486 e. The van der Waals surface area contributed by atoms with Crippen LogP contribution >= 0.6 is 0 Å². The minimum absolute atomic E-state index is 0.261. The Morgan fingerprint density at radius 2 is 2.08 bits per heavy atom. The Bertz CT molecular complexity index is 829. The summed E-state index contributed by atoms with van der Waals surface area (Å²) in [5.74, 6) is 0.776. The molecule has 1 aromatic heterocycles. The number of carbonyl (C=O) groups is 1. The van der Waals surface area contributed by atoms with E-state index >= 15 is 0 Å². The van der Waals surface area contributed by atoms with Crippen LogP contribution in [0.3, 0.4) is 0 Å². The molecule has 0 aliphatic carbocycles. The zero-order valence-corrected chi connectivity index (χ0v) is 13.7. The van der Waals surface area contributed by atoms with Gasteiger partial charge in [0, 0.05) is 24.5 Å². The third kappa shape index (κ3) is 3.24. The lowest BCUT2D eigenvalue weighted by Gasteiger charge is -2.20. The van der Waals surface area contributed by atoms with Crippen molar-refractivity contribution in [3.05, 3.63) is 51.7 Å². The van der Waals surface area contributed by atoms with E-state index < -0.39 is 0 Å². The van der Waals surface area contributed by atoms with Crippen LogP contribution in [0, 0.1) is 13.8 Å². The predicted molar refractivity (Wildman–Crippen MR) is 87.7 cm³/mol. The number of fused-ring (bicyclic) bond motifs is 1. The number of ether oxygens (including phenoxy) is 2. The molecule has 0 saturated carbocycles. The van der Waals surface area contributed by atoms with Gasteiger partial charge in [-0.15, -0.1) is 0 Å². The smallest absolute Gasteiger partial charge is 0.348 e. The van der Waals surface area contributed by atoms with Crippen molar-refractivity contribution in [2.24, 2.45) is 0 Å². The van der Waals surface area contributed by atoms with Gasteiger partial charge in [0.05, 0.1) is 5.56 Å². The van der Waals surface area contributed by atoms with Crippen LogP contribution in [0.5, 0.6) is 11.5 Å². The zero-order valence-electron chi connectivity index (χ0n) is 13.7. The first-order valence-corrected chi connectivity index (χ1v) is 7.78. The molecule has 7 nitrogen and oxygen atoms in total. The molecule has 0 spiro atoms. The fraction of sp³-hybridized carbons (Fsp3) is 0.353. The van der Waals surface area contributed by atoms with E-state index in [9.17, 15) is 9.59 Å². The van der Waals surface area contributed by atoms with Crippen molar-refractivity contribution >= 4 is 5.91 Å². The first-order valence-electron chi connectivity index (χ1n) is 7.78. The highest BCUT2D eigenvalue weighted by molar-refractivity contribution is 5.97. The summed E-state index contributed by atoms with van der Waals surface area (Å²) in [6, 6.07) is 7.04. The topological polar surface area (TPSA) is 82.5 Å². The fourth-order valence-electron chi connectivity index (χ4n) is 2.68. The molecule has 0 unspecified atom stereocenters. The number of nitrogens with one attached hydrogen (secondary N) is 1. The Balaban J connectivity index is 1.68. The van der Waals surface area contributed by atoms with Gasteiger partial charge in [-0.05, 0) is 32.0 Å². The molecule has 0 bridgehead atoms. The highest BCUT2D eigenvalue weighted by Gasteiger charge is 2.20. The second-order valence-corrected chi connectivity index (χ2v) is 5.56. The van der Waals surface area contributed by atoms with Gasteiger partial charge in [0.25, 0.3) is 5.91 Å². The highest BCUT2D eigenvalue weighted by Crippen LogP contribution is 2.33. The number of aryl methyl sites for hydroxylation is 2. The van der Waals surface area contributed by atoms with E-state index in [0.717, 1.165) is 5.69 Å². The molecule has 1 aliphatic heterocycles. The molecule has 0 radical (unpaired) electrons. The van der Waals surface area contributed by atoms with Gasteiger partial charge in [-0.3, -0.25) is 9.36 Å². The number of nitrogens with zero attached hydrogens (tertiary/aromatic N) is 2. The molecular formula is C17H19N3O4. The van der Waals surface area contributed by atoms with Crippen molar-refractivity contribution in [1.82, 2.24) is 14.9 Å². The molecule has 2 heterocycles. The molecule has 24 heavy (non-hydrogen) atoms. The highest BCUT2D eigenvalue weighted by atomic mass is 16.6. The molecular weight excluding hydrogens is 310 g/mol. The molecule has 0 fully saturated rings. The first-order chi connectivity index (χ1) is 11.6. The maximum absolute atomic E-state index is 12.4. The Morgan fingerprint density at radius 3 is 2.88 bits per heavy atom. The Kier molecular flexibility index (Phi) is 4.50. The number of amides is 1. The van der Waals surface area contributed by atoms with Crippen molar-refractivity contribution in [2.45, 2.75) is 20.4 Å². The maximum atomic E-state index is 12.4. The Morgan fingerprint density at radius 1 is 1.29 bits per heavy atom. The van der Waals surface area contributed by atoms with Gasteiger partial charge in [-0.2, -0.15) is 4.98 Å². The van der Waals surface area contributed by atoms with E-state index in [1.54, 1.807) is 25.1 Å². The van der Waals surface area contributed by atoms with Crippen molar-refractivity contribution in [3.63, 3.8) is 0 Å². The van der Waals surface area contributed by atoms with Crippen LogP contribution in [-0.2, 0) is 6.54 Å². The molecule has 7 heteroatoms. The second-order valence-electron chi connectivity index (χ2n) is 5.56. The lowest BCUT2D eigenvalue weighted by atomic mass is 10.1. The lowest BCUT2D eigenvalue weighted by molar-refractivity contribution is 0.0941. The summed E-state index contributed by atoms with van der Waals surface area (Å²) >= 11 is 0. The number of rotatable bonds is 4. The van der Waals surface area contributed by atoms with E-state index in [2.05, 4.69) is 10.3 Å². The van der Waals surface area contributed by atoms with Gasteiger partial charge in [-0.25, -0.2) is 4.79 Å². The SMILES string of the molecule is Cc1cc(C)n(CCNC(=O)c2cccc3c2OCCO3)c(=O)n1. The number of carbonyl (C=O) groups excluding carboxylic acids is 1. The van der Waals surface area contributed by atoms with Crippen LogP contribution in [0.25, 0.3) is 0 Å². The zero-order chi connectivity index (χ0) is 17.1. The molecule has 0 saturated heterocycles. The van der Waals surface area contributed by atoms with Crippen LogP contribution in [0.4, 0.5) is 0 Å². The van der Waals surface area contributed by atoms with E-state index in [1.807, 2.05) is 13.0 Å². The minimum atomic E-state index is -0.310. The Labute approximate surface area is 139 Å². The summed E-state index contributed by atoms with van der Waals surface area (Å²) in [5, 5.41) is 2.80. The van der Waals surface area contributed by atoms with Gasteiger partial charge in [0.1, 0.15) is 13.2 Å². The number of hydrogen-bond acceptors (Lipinski definition) is 5. The normalized spacial score (nSPS) is 12.8. The van der Waals surface area contributed by atoms with Crippen molar-refractivity contribution in [2.75, 3.05) is 19.8 Å². The standard InChI is InChI=1S/C17H19N3O4/c1-11-10-12(2)20(17(22)19-11)7-6-18-16(21)13-4-3-5-14-15(13)24-9-8-23-14/h3-5,10H,6-9H2,1-2H3,(H,18,21). The molecule has 1 N–H and O–H groups in total. The second kappa shape index (κ2) is 6.74. The molecule has 126 valence electrons. The summed E-state index contributed by atoms with van der Waals surface area (Å²) < 4.78 is 12.5. The van der Waals surface area contributed by atoms with Crippen LogP contribution in [0.2, 0.25) is 0 Å². The van der Waals surface area contributed by atoms with Crippen molar-refractivity contribution < 1.29 is 14.3 Å². The van der Waals surface area contributed by atoms with Gasteiger partial charge < -0.3 is 14.8 Å². The van der Waals surface area contributed by atoms with E-state index in [1.165, 1.54) is 4.57 Å². The summed E-state index contributed by atoms with van der Waals surface area (Å²) in [5.41, 5.74) is 1.62. The average molecular weight is 329 g/mol. The third-order valence-electron chi connectivity index (χ3n) is 3.78. The molecule has 1 amide bonds. The van der Waals surface area contributed by atoms with Gasteiger partial charge in [-0.1, -0.05) is 6.07 Å². The summed E-state index contributed by atoms with van der Waals surface area (Å²) in [4.78, 5) is 28.2. The van der Waals surface area contributed by atoms with Crippen LogP contribution < -0.4 is 20.5 Å². The van der Waals surface area contributed by atoms with Gasteiger partial charge in [0.2, 0.25) is 0 Å². The number of aromatic nitrogens is 2. The van der Waals surface area contributed by atoms with Gasteiger partial charge in [0.15, 0.2) is 11.5 Å². The molecule has 2 aromatic rings. The van der Waals surface area contributed by atoms with Gasteiger partial charge >= 0.3 is 5.69 Å². The first kappa shape index (κ1) is 16.0. The molecule has 3 rings (SSSR count). The van der Waals surface area contributed by atoms with Crippen LogP contribution in [0.1, 0.15) is 21.7 Å². The van der Waals surface area contributed by atoms with Crippen molar-refractivity contribution in [1.29, 1.82) is 0 Å². The molecule has 0 atom stereocenters. The summed E-state index contributed by atoms with van der Waals surface area (Å²) in [6.45, 7) is 5.18. The number of benzene rings is 1. The third-order valence-corrected chi connectivity index (χ3v) is 3.78. The monoisotopic (exact) mass is 329 g/mol. The van der Waals surface area contributed by atoms with E-state index in [-0.39, 0.29) is 11.6 Å². The molecule has 1 aliphatic rings. The summed E-state index contributed by atoms with van der Waals surface area (Å²) in [6.07, 6.45) is 0. The van der Waals surface area contributed by atoms with E-state index in [0.29, 0.717) is 49.1 Å². The largest absolute Gasteiger partial charge is 0.486 e. The van der Waals surface area contributed by atoms with Crippen LogP contribution in [-0.4, -0.2) is 35.2 Å².